The van der Waals surface area contributed by atoms with E-state index in [2.05, 4.69) is 5.32 Å². The lowest BCUT2D eigenvalue weighted by Gasteiger charge is -2.32. The Labute approximate surface area is 245 Å². The summed E-state index contributed by atoms with van der Waals surface area (Å²) >= 11 is 0. The molecule has 0 unspecified atom stereocenters. The van der Waals surface area contributed by atoms with Crippen molar-refractivity contribution >= 4 is 29.8 Å². The van der Waals surface area contributed by atoms with Crippen molar-refractivity contribution in [2.75, 3.05) is 19.6 Å². The quantitative estimate of drug-likeness (QED) is 0.273. The van der Waals surface area contributed by atoms with Gasteiger partial charge in [-0.25, -0.2) is 14.4 Å². The highest BCUT2D eigenvalue weighted by molar-refractivity contribution is 6.01. The molecule has 11 nitrogen and oxygen atoms in total. The number of carbonyl (C=O) groups is 5. The molecule has 3 amide bonds. The number of likely N-dealkylation sites (tertiary alicyclic amines) is 1. The number of nitrogens with one attached hydrogen (secondary N) is 1. The van der Waals surface area contributed by atoms with E-state index in [0.29, 0.717) is 19.4 Å². The Morgan fingerprint density at radius 1 is 0.833 bits per heavy atom. The van der Waals surface area contributed by atoms with Crippen LogP contribution < -0.4 is 5.32 Å². The summed E-state index contributed by atoms with van der Waals surface area (Å²) in [6, 6.07) is 16.0. The molecule has 42 heavy (non-hydrogen) atoms. The van der Waals surface area contributed by atoms with Crippen molar-refractivity contribution in [3.05, 3.63) is 71.8 Å². The first-order valence-corrected chi connectivity index (χ1v) is 14.0. The predicted molar refractivity (Wildman–Crippen MR) is 150 cm³/mol. The van der Waals surface area contributed by atoms with Crippen LogP contribution in [0, 0.1) is 5.92 Å². The lowest BCUT2D eigenvalue weighted by Crippen LogP contribution is -2.48. The van der Waals surface area contributed by atoms with Crippen LogP contribution >= 0.6 is 0 Å². The molecule has 224 valence electrons. The SMILES string of the molecule is CC(C)(C)OC(=O)NCC(=O)N1CCC[C@@H](C(=O)N2[C@H](C(=O)OCc3ccccc3)[C@H]2C(=O)OCc2ccccc2)C1. The van der Waals surface area contributed by atoms with Gasteiger partial charge in [0.05, 0.1) is 5.92 Å². The maximum absolute atomic E-state index is 13.6. The molecule has 0 bridgehead atoms. The van der Waals surface area contributed by atoms with Gasteiger partial charge in [0.25, 0.3) is 0 Å². The molecule has 2 heterocycles. The van der Waals surface area contributed by atoms with Crippen LogP contribution in [-0.4, -0.2) is 77.0 Å². The third-order valence-electron chi connectivity index (χ3n) is 6.90. The average Bonchev–Trinajstić information content (AvgIpc) is 3.73. The third kappa shape index (κ3) is 8.31. The number of esters is 2. The Morgan fingerprint density at radius 3 is 1.86 bits per heavy atom. The summed E-state index contributed by atoms with van der Waals surface area (Å²) in [5, 5.41) is 2.44. The summed E-state index contributed by atoms with van der Waals surface area (Å²) in [5.41, 5.74) is 0.842. The Hall–Kier alpha value is -4.41. The number of ether oxygens (including phenoxy) is 3. The Kier molecular flexibility index (Phi) is 9.82. The van der Waals surface area contributed by atoms with Crippen LogP contribution in [0.2, 0.25) is 0 Å². The number of piperidine rings is 1. The molecular weight excluding hydrogens is 542 g/mol. The number of alkyl carbamates (subject to hydrolysis) is 1. The summed E-state index contributed by atoms with van der Waals surface area (Å²) in [7, 11) is 0. The molecule has 0 aromatic heterocycles. The number of hydrogen-bond acceptors (Lipinski definition) is 8. The minimum atomic E-state index is -1.11. The molecule has 2 fully saturated rings. The van der Waals surface area contributed by atoms with Gasteiger partial charge in [-0.2, -0.15) is 0 Å². The van der Waals surface area contributed by atoms with Gasteiger partial charge in [-0.3, -0.25) is 9.59 Å². The van der Waals surface area contributed by atoms with E-state index in [1.165, 1.54) is 9.80 Å². The predicted octanol–water partition coefficient (Wildman–Crippen LogP) is 2.82. The van der Waals surface area contributed by atoms with E-state index in [1.54, 1.807) is 45.0 Å². The first kappa shape index (κ1) is 30.5. The molecule has 11 heteroatoms. The summed E-state index contributed by atoms with van der Waals surface area (Å²) in [5.74, 6) is -2.79. The summed E-state index contributed by atoms with van der Waals surface area (Å²) < 4.78 is 16.1. The van der Waals surface area contributed by atoms with Crippen LogP contribution in [0.1, 0.15) is 44.7 Å². The van der Waals surface area contributed by atoms with Gasteiger partial charge in [0.15, 0.2) is 12.1 Å². The zero-order valence-corrected chi connectivity index (χ0v) is 24.1. The Bertz CT molecular complexity index is 1220. The van der Waals surface area contributed by atoms with Crippen molar-refractivity contribution in [1.82, 2.24) is 15.1 Å². The number of hydrogen-bond donors (Lipinski definition) is 1. The third-order valence-corrected chi connectivity index (χ3v) is 6.90. The molecule has 2 aliphatic heterocycles. The highest BCUT2D eigenvalue weighted by atomic mass is 16.6. The molecule has 2 aromatic rings. The van der Waals surface area contributed by atoms with Gasteiger partial charge in [-0.05, 0) is 44.7 Å². The normalized spacial score (nSPS) is 19.8. The standard InChI is InChI=1S/C31H37N3O8/c1-31(2,3)42-30(39)32-17-24(35)33-16-10-15-23(18-33)27(36)34-25(28(37)40-19-21-11-6-4-7-12-21)26(34)29(38)41-20-22-13-8-5-9-14-22/h4-9,11-14,23,25-26H,10,15-20H2,1-3H3,(H,32,39)/t23-,25+,26+/m1/s1. The van der Waals surface area contributed by atoms with Gasteiger partial charge in [0, 0.05) is 13.1 Å². The molecule has 3 atom stereocenters. The minimum absolute atomic E-state index is 0.000340. The minimum Gasteiger partial charge on any atom is -0.459 e. The Morgan fingerprint density at radius 2 is 1.36 bits per heavy atom. The molecule has 4 rings (SSSR count). The van der Waals surface area contributed by atoms with E-state index in [-0.39, 0.29) is 32.2 Å². The van der Waals surface area contributed by atoms with Gasteiger partial charge in [0.2, 0.25) is 11.8 Å². The molecule has 0 radical (unpaired) electrons. The second kappa shape index (κ2) is 13.5. The fraction of sp³-hybridized carbons (Fsp3) is 0.452. The second-order valence-corrected chi connectivity index (χ2v) is 11.4. The lowest BCUT2D eigenvalue weighted by atomic mass is 9.97. The zero-order chi connectivity index (χ0) is 30.3. The van der Waals surface area contributed by atoms with Crippen molar-refractivity contribution in [1.29, 1.82) is 0 Å². The average molecular weight is 580 g/mol. The maximum atomic E-state index is 13.6. The smallest absolute Gasteiger partial charge is 0.408 e. The van der Waals surface area contributed by atoms with Crippen molar-refractivity contribution in [2.45, 2.75) is 64.5 Å². The van der Waals surface area contributed by atoms with Crippen LogP contribution in [0.5, 0.6) is 0 Å². The number of amides is 3. The number of nitrogens with zero attached hydrogens (tertiary/aromatic N) is 2. The van der Waals surface area contributed by atoms with Crippen molar-refractivity contribution in [3.63, 3.8) is 0 Å². The van der Waals surface area contributed by atoms with Gasteiger partial charge < -0.3 is 29.3 Å². The van der Waals surface area contributed by atoms with E-state index in [9.17, 15) is 24.0 Å². The first-order valence-electron chi connectivity index (χ1n) is 14.0. The zero-order valence-electron chi connectivity index (χ0n) is 24.1. The largest absolute Gasteiger partial charge is 0.459 e. The highest BCUT2D eigenvalue weighted by Crippen LogP contribution is 2.35. The van der Waals surface area contributed by atoms with E-state index >= 15 is 0 Å². The molecule has 2 saturated heterocycles. The van der Waals surface area contributed by atoms with Crippen molar-refractivity contribution < 1.29 is 38.2 Å². The maximum Gasteiger partial charge on any atom is 0.408 e. The van der Waals surface area contributed by atoms with Crippen LogP contribution in [-0.2, 0) is 46.6 Å². The van der Waals surface area contributed by atoms with Gasteiger partial charge in [0.1, 0.15) is 25.4 Å². The number of carbonyl (C=O) groups excluding carboxylic acids is 5. The van der Waals surface area contributed by atoms with Gasteiger partial charge in [-0.1, -0.05) is 60.7 Å². The molecule has 2 aromatic carbocycles. The van der Waals surface area contributed by atoms with Gasteiger partial charge >= 0.3 is 18.0 Å². The summed E-state index contributed by atoms with van der Waals surface area (Å²) in [6.45, 7) is 5.40. The van der Waals surface area contributed by atoms with Crippen LogP contribution in [0.3, 0.4) is 0 Å². The molecule has 0 spiro atoms. The summed E-state index contributed by atoms with van der Waals surface area (Å²) in [6.07, 6.45) is 0.323. The van der Waals surface area contributed by atoms with Crippen molar-refractivity contribution in [3.8, 4) is 0 Å². The molecule has 2 aliphatic rings. The van der Waals surface area contributed by atoms with E-state index in [1.807, 2.05) is 36.4 Å². The van der Waals surface area contributed by atoms with Crippen LogP contribution in [0.15, 0.2) is 60.7 Å². The molecule has 0 saturated carbocycles. The van der Waals surface area contributed by atoms with E-state index in [0.717, 1.165) is 11.1 Å². The molecular formula is C31H37N3O8. The highest BCUT2D eigenvalue weighted by Gasteiger charge is 2.62. The Balaban J connectivity index is 1.38. The van der Waals surface area contributed by atoms with E-state index in [4.69, 9.17) is 14.2 Å². The van der Waals surface area contributed by atoms with Crippen LogP contribution in [0.4, 0.5) is 4.79 Å². The first-order chi connectivity index (χ1) is 20.0. The fourth-order valence-corrected chi connectivity index (χ4v) is 4.81. The molecule has 0 aliphatic carbocycles. The van der Waals surface area contributed by atoms with Crippen LogP contribution in [0.25, 0.3) is 0 Å². The van der Waals surface area contributed by atoms with Gasteiger partial charge in [-0.15, -0.1) is 0 Å². The monoisotopic (exact) mass is 579 g/mol. The topological polar surface area (TPSA) is 131 Å². The molecule has 1 N–H and O–H groups in total. The second-order valence-electron chi connectivity index (χ2n) is 11.4. The van der Waals surface area contributed by atoms with E-state index < -0.39 is 47.5 Å². The number of benzene rings is 2. The fourth-order valence-electron chi connectivity index (χ4n) is 4.81. The summed E-state index contributed by atoms with van der Waals surface area (Å²) in [4.78, 5) is 67.1. The lowest BCUT2D eigenvalue weighted by molar-refractivity contribution is -0.148. The number of rotatable bonds is 9. The van der Waals surface area contributed by atoms with Crippen molar-refractivity contribution in [2.24, 2.45) is 5.92 Å².